The fourth-order valence-corrected chi connectivity index (χ4v) is 6.19. The predicted octanol–water partition coefficient (Wildman–Crippen LogP) is 16.0. The van der Waals surface area contributed by atoms with Crippen molar-refractivity contribution < 1.29 is 13.5 Å². The Labute approximate surface area is 551 Å². The second-order valence-corrected chi connectivity index (χ2v) is 21.0. The van der Waals surface area contributed by atoms with Gasteiger partial charge in [-0.05, 0) is 118 Å². The van der Waals surface area contributed by atoms with Gasteiger partial charge in [0.2, 0.25) is 0 Å². The van der Waals surface area contributed by atoms with E-state index in [1.807, 2.05) is 260 Å². The highest BCUT2D eigenvalue weighted by atomic mass is 32.2. The molecule has 9 nitrogen and oxygen atoms in total. The summed E-state index contributed by atoms with van der Waals surface area (Å²) in [6, 6.07) is 60.3. The summed E-state index contributed by atoms with van der Waals surface area (Å²) in [4.78, 5) is 0. The molecule has 0 aromatic heterocycles. The number of benzene rings is 6. The van der Waals surface area contributed by atoms with Gasteiger partial charge in [-0.3, -0.25) is 0 Å². The van der Waals surface area contributed by atoms with Crippen LogP contribution in [0.4, 0.5) is 0 Å². The quantitative estimate of drug-likeness (QED) is 0.0778. The Hall–Kier alpha value is -4.85. The van der Waals surface area contributed by atoms with Gasteiger partial charge in [-0.15, -0.1) is 0 Å². The van der Waals surface area contributed by atoms with E-state index >= 15 is 0 Å². The molecule has 86 heavy (non-hydrogen) atoms. The maximum Gasteiger partial charge on any atom is 0.136 e. The Morgan fingerprint density at radius 3 is 0.663 bits per heavy atom. The molecule has 18 radical (unpaired) electrons. The van der Waals surface area contributed by atoms with E-state index < -0.39 is 22.0 Å². The normalized spacial score (nSPS) is 9.60. The number of nitrogens with two attached hydrogens (primary N) is 4. The zero-order valence-corrected chi connectivity index (χ0v) is 54.1. The van der Waals surface area contributed by atoms with Crippen LogP contribution in [0.2, 0.25) is 0 Å². The molecule has 0 fully saturated rings. The molecule has 0 aliphatic carbocycles. The average Bonchev–Trinajstić information content (AvgIpc) is 3.34. The maximum atomic E-state index is 10.8. The fraction of sp³-hybridized carbons (Fsp3) is 0.449. The zero-order chi connectivity index (χ0) is 57.8. The van der Waals surface area contributed by atoms with Crippen molar-refractivity contribution in [2.45, 2.75) is 191 Å². The van der Waals surface area contributed by atoms with Crippen molar-refractivity contribution in [1.29, 1.82) is 0 Å². The van der Waals surface area contributed by atoms with E-state index in [4.69, 9.17) is 28.0 Å². The highest BCUT2D eigenvalue weighted by Gasteiger charge is 2.14. The van der Waals surface area contributed by atoms with Gasteiger partial charge in [0, 0.05) is 97.5 Å². The Morgan fingerprint density at radius 1 is 0.395 bits per heavy atom. The van der Waals surface area contributed by atoms with E-state index in [1.54, 1.807) is 19.4 Å². The smallest absolute Gasteiger partial charge is 0.136 e. The molecule has 9 N–H and O–H groups in total. The lowest BCUT2D eigenvalue weighted by molar-refractivity contribution is 0.318. The minimum absolute atomic E-state index is 0. The first kappa shape index (κ1) is 123. The number of hydrogen-bond acceptors (Lipinski definition) is 7. The van der Waals surface area contributed by atoms with Crippen LogP contribution in [0.5, 0.6) is 0 Å². The molecule has 0 heterocycles. The summed E-state index contributed by atoms with van der Waals surface area (Å²) in [6.45, 7) is 33.8. The van der Waals surface area contributed by atoms with Crippen molar-refractivity contribution in [3.8, 4) is 0 Å². The van der Waals surface area contributed by atoms with Crippen molar-refractivity contribution in [2.75, 3.05) is 19.1 Å². The van der Waals surface area contributed by atoms with Crippen LogP contribution in [-0.2, 0) is 44.1 Å². The summed E-state index contributed by atoms with van der Waals surface area (Å²) in [6.07, 6.45) is 4.36. The lowest BCUT2D eigenvalue weighted by Gasteiger charge is -2.18. The van der Waals surface area contributed by atoms with Gasteiger partial charge in [-0.1, -0.05) is 266 Å². The Balaban J connectivity index is -0.0000000457. The summed E-state index contributed by atoms with van der Waals surface area (Å²) in [5, 5.41) is 7.57. The summed E-state index contributed by atoms with van der Waals surface area (Å²) >= 11 is 0. The van der Waals surface area contributed by atoms with Gasteiger partial charge in [0.15, 0.2) is 0 Å². The van der Waals surface area contributed by atoms with E-state index in [0.717, 1.165) is 17.0 Å². The SMILES string of the molecule is C.C.C.C.C.C.CC.CC(=N[S@](C)=O)c1ccccc1.CC(C)(N)c1ccccc1.CC(C)(N)c1ccccc1.CC(C)(N)c1ccccc1.CC(C)(N)c1ccccc1.CC(C)=N[S@](C)=O.CCC.CCO.Cc1ccccc1.[B].[B].[B].[B].[B].[B]. The fourth-order valence-electron chi connectivity index (χ4n) is 5.19. The van der Waals surface area contributed by atoms with E-state index in [0.29, 0.717) is 0 Å². The molecule has 6 rings (SSSR count). The van der Waals surface area contributed by atoms with Crippen molar-refractivity contribution in [1.82, 2.24) is 0 Å². The van der Waals surface area contributed by atoms with Gasteiger partial charge in [0.25, 0.3) is 0 Å². The van der Waals surface area contributed by atoms with Crippen LogP contribution in [0.1, 0.15) is 195 Å². The molecule has 0 spiro atoms. The highest BCUT2D eigenvalue weighted by molar-refractivity contribution is 7.83. The number of rotatable bonds is 7. The average molecular weight is 1210 g/mol. The number of aliphatic hydroxyl groups excluding tert-OH is 1. The molecule has 0 bridgehead atoms. The monoisotopic (exact) mass is 1210 g/mol. The Morgan fingerprint density at radius 2 is 0.558 bits per heavy atom. The summed E-state index contributed by atoms with van der Waals surface area (Å²) in [5.74, 6) is 0. The molecule has 478 valence electrons. The van der Waals surface area contributed by atoms with Crippen LogP contribution in [0.15, 0.2) is 191 Å². The van der Waals surface area contributed by atoms with Crippen LogP contribution in [-0.4, -0.2) is 94.5 Å². The van der Waals surface area contributed by atoms with E-state index in [-0.39, 0.29) is 124 Å². The van der Waals surface area contributed by atoms with E-state index in [1.165, 1.54) is 34.2 Å². The lowest BCUT2D eigenvalue weighted by Crippen LogP contribution is -2.28. The predicted molar refractivity (Wildman–Crippen MR) is 406 cm³/mol. The number of aliphatic hydroxyl groups is 1. The molecule has 6 aromatic rings. The van der Waals surface area contributed by atoms with E-state index in [2.05, 4.69) is 41.7 Å². The first-order chi connectivity index (χ1) is 34.5. The summed E-state index contributed by atoms with van der Waals surface area (Å²) in [7, 11) is -2.12. The molecule has 0 saturated heterocycles. The standard InChI is InChI=1S/C9H11NOS.4C9H13N.C7H8.C4H9NOS.C3H8.C2H6O.C2H6.6CH4.6B/c1-8(10-12(2)11)9-6-4-3-5-7-9;4*1-9(2,10)8-6-4-3-5-7-8;1-7-5-3-2-4-6-7;1-4(2)5-7(3)6;1-3-2;1-2-3;1-2;;;;;;;;;;;;/h3-7H,1-2H3;4*3-7H,10H2,1-2H3;2-6H,1H3;1-3H3;3H2,1-2H3;3H,2H2,1H3;1-2H3;6*1H4;;;;;;/t12-;;;;;;7-;;;;;;;;;;;;;;;/m0.....0.............../s1. The topological polar surface area (TPSA) is 183 Å². The Kier molecular flexibility index (Phi) is 104. The molecule has 0 amide bonds. The van der Waals surface area contributed by atoms with Crippen molar-refractivity contribution >= 4 is 83.9 Å². The van der Waals surface area contributed by atoms with Gasteiger partial charge in [0.05, 0.1) is 5.71 Å². The third-order valence-corrected chi connectivity index (χ3v) is 9.93. The minimum Gasteiger partial charge on any atom is -0.397 e. The zero-order valence-electron chi connectivity index (χ0n) is 52.5. The minimum atomic E-state index is -1.11. The summed E-state index contributed by atoms with van der Waals surface area (Å²) in [5.41, 5.74) is 31.3. The van der Waals surface area contributed by atoms with Crippen molar-refractivity contribution in [3.63, 3.8) is 0 Å². The van der Waals surface area contributed by atoms with Crippen LogP contribution < -0.4 is 22.9 Å². The van der Waals surface area contributed by atoms with E-state index in [9.17, 15) is 8.42 Å². The molecule has 0 aliphatic rings. The third kappa shape index (κ3) is 77.2. The lowest BCUT2D eigenvalue weighted by atomic mass is 9.96. The van der Waals surface area contributed by atoms with Gasteiger partial charge in [-0.2, -0.15) is 8.80 Å². The van der Waals surface area contributed by atoms with Crippen molar-refractivity contribution in [2.24, 2.45) is 31.7 Å². The van der Waals surface area contributed by atoms with Gasteiger partial charge in [0.1, 0.15) is 22.0 Å². The van der Waals surface area contributed by atoms with Gasteiger partial charge < -0.3 is 28.0 Å². The third-order valence-electron chi connectivity index (χ3n) is 8.78. The number of nitrogens with zero attached hydrogens (tertiary/aromatic N) is 2. The van der Waals surface area contributed by atoms with Gasteiger partial charge >= 0.3 is 0 Å². The van der Waals surface area contributed by atoms with Crippen LogP contribution >= 0.6 is 0 Å². The summed E-state index contributed by atoms with van der Waals surface area (Å²) < 4.78 is 28.5. The first-order valence-electron chi connectivity index (χ1n) is 25.3. The molecule has 0 aliphatic heterocycles. The molecular formula is C69H124B6N6O3S2. The molecule has 2 atom stereocenters. The maximum absolute atomic E-state index is 10.8. The van der Waals surface area contributed by atoms with Gasteiger partial charge in [-0.25, -0.2) is 8.42 Å². The Bertz CT molecular complexity index is 2120. The highest BCUT2D eigenvalue weighted by Crippen LogP contribution is 2.17. The first-order valence-corrected chi connectivity index (χ1v) is 28.3. The molecule has 0 saturated carbocycles. The van der Waals surface area contributed by atoms with Crippen LogP contribution in [0.25, 0.3) is 0 Å². The largest absolute Gasteiger partial charge is 0.397 e. The molecular weight excluding hydrogens is 1090 g/mol. The number of aryl methyl sites for hydroxylation is 1. The van der Waals surface area contributed by atoms with Crippen LogP contribution in [0, 0.1) is 6.92 Å². The second-order valence-electron chi connectivity index (χ2n) is 19.0. The molecule has 0 unspecified atom stereocenters. The molecule has 6 aromatic carbocycles. The molecule has 17 heteroatoms. The van der Waals surface area contributed by atoms with Crippen molar-refractivity contribution in [3.05, 3.63) is 215 Å². The second kappa shape index (κ2) is 72.6. The number of hydrogen-bond donors (Lipinski definition) is 5. The van der Waals surface area contributed by atoms with Crippen LogP contribution in [0.3, 0.4) is 0 Å².